The van der Waals surface area contributed by atoms with Crippen LogP contribution in [0.5, 0.6) is 0 Å². The van der Waals surface area contributed by atoms with Crippen molar-refractivity contribution in [2.24, 2.45) is 0 Å². The third-order valence-corrected chi connectivity index (χ3v) is 2.70. The van der Waals surface area contributed by atoms with Gasteiger partial charge in [0, 0.05) is 7.05 Å². The highest BCUT2D eigenvalue weighted by molar-refractivity contribution is 7.83. The summed E-state index contributed by atoms with van der Waals surface area (Å²) in [6.07, 6.45) is 1.05. The van der Waals surface area contributed by atoms with Crippen LogP contribution in [-0.4, -0.2) is 66.4 Å². The van der Waals surface area contributed by atoms with Crippen LogP contribution < -0.4 is 0 Å². The van der Waals surface area contributed by atoms with E-state index in [0.29, 0.717) is 10.9 Å². The Hall–Kier alpha value is -0.590. The molecule has 1 unspecified atom stereocenters. The van der Waals surface area contributed by atoms with Crippen LogP contribution in [0.2, 0.25) is 0 Å². The molecule has 0 aliphatic carbocycles. The van der Waals surface area contributed by atoms with E-state index in [1.165, 1.54) is 6.92 Å². The summed E-state index contributed by atoms with van der Waals surface area (Å²) in [4.78, 5) is 0. The molecule has 1 atom stereocenters. The normalized spacial score (nSPS) is 11.3. The van der Waals surface area contributed by atoms with Gasteiger partial charge in [0.1, 0.15) is 6.73 Å². The molecule has 24 heavy (non-hydrogen) atoms. The monoisotopic (exact) mass is 395 g/mol. The van der Waals surface area contributed by atoms with Gasteiger partial charge in [-0.25, -0.2) is 17.6 Å². The van der Waals surface area contributed by atoms with E-state index in [-0.39, 0.29) is 26.1 Å². The lowest BCUT2D eigenvalue weighted by molar-refractivity contribution is -0.00441. The van der Waals surface area contributed by atoms with Crippen LogP contribution in [0.25, 0.3) is 0 Å². The van der Waals surface area contributed by atoms with Crippen LogP contribution in [0, 0.1) is 0 Å². The molecule has 0 aromatic rings. The Morgan fingerprint density at radius 2 is 1.38 bits per heavy atom. The van der Waals surface area contributed by atoms with Crippen molar-refractivity contribution in [3.63, 3.8) is 0 Å². The predicted octanol–water partition coefficient (Wildman–Crippen LogP) is 3.66. The molecule has 0 spiro atoms. The maximum absolute atomic E-state index is 12.3. The Bertz CT molecular complexity index is 307. The highest BCUT2D eigenvalue weighted by atomic mass is 32.3. The van der Waals surface area contributed by atoms with Crippen molar-refractivity contribution >= 4 is 10.4 Å². The van der Waals surface area contributed by atoms with Gasteiger partial charge >= 0.3 is 10.4 Å². The van der Waals surface area contributed by atoms with Gasteiger partial charge in [-0.2, -0.15) is 12.7 Å². The molecule has 5 nitrogen and oxygen atoms in total. The van der Waals surface area contributed by atoms with E-state index in [1.54, 1.807) is 0 Å². The predicted molar refractivity (Wildman–Crippen MR) is 80.1 cm³/mol. The molecule has 12 heteroatoms. The van der Waals surface area contributed by atoms with Crippen LogP contribution in [0.1, 0.15) is 27.2 Å². The number of hydrogen-bond donors (Lipinski definition) is 0. The summed E-state index contributed by atoms with van der Waals surface area (Å²) in [6, 6.07) is 0. The van der Waals surface area contributed by atoms with Crippen LogP contribution in [0.4, 0.5) is 25.8 Å². The maximum Gasteiger partial charge on any atom is 0.376 e. The zero-order chi connectivity index (χ0) is 20.0. The minimum absolute atomic E-state index is 0.149. The van der Waals surface area contributed by atoms with Crippen molar-refractivity contribution in [3.05, 3.63) is 0 Å². The summed E-state index contributed by atoms with van der Waals surface area (Å²) in [5, 5.41) is 0. The van der Waals surface area contributed by atoms with Crippen molar-refractivity contribution in [1.82, 2.24) is 4.31 Å². The van der Waals surface area contributed by atoms with E-state index in [0.717, 1.165) is 13.5 Å². The zero-order valence-electron chi connectivity index (χ0n) is 14.3. The second-order valence-electron chi connectivity index (χ2n) is 3.64. The molecule has 0 N–H and O–H groups in total. The molecule has 0 radical (unpaired) electrons. The van der Waals surface area contributed by atoms with Crippen molar-refractivity contribution < 1.29 is 43.7 Å². The fraction of sp³-hybridized carbons (Fsp3) is 1.00. The number of rotatable bonds is 8. The largest absolute Gasteiger partial charge is 0.376 e. The third kappa shape index (κ3) is 37.6. The Morgan fingerprint density at radius 3 is 1.67 bits per heavy atom. The fourth-order valence-corrected chi connectivity index (χ4v) is 0.883. The minimum Gasteiger partial charge on any atom is -0.376 e. The lowest BCUT2D eigenvalue weighted by atomic mass is 10.3. The fourth-order valence-electron chi connectivity index (χ4n) is 0.682. The van der Waals surface area contributed by atoms with Gasteiger partial charge in [-0.1, -0.05) is 10.8 Å². The van der Waals surface area contributed by atoms with Gasteiger partial charge < -0.3 is 9.47 Å². The van der Waals surface area contributed by atoms with Gasteiger partial charge in [0.2, 0.25) is 13.9 Å². The lowest BCUT2D eigenvalue weighted by Gasteiger charge is -2.13. The molecule has 0 bridgehead atoms. The summed E-state index contributed by atoms with van der Waals surface area (Å²) >= 11 is 0. The molecule has 0 aromatic carbocycles. The average Bonchev–Trinajstić information content (AvgIpc) is 2.48. The van der Waals surface area contributed by atoms with E-state index in [9.17, 15) is 34.3 Å². The number of halogens is 6. The summed E-state index contributed by atoms with van der Waals surface area (Å²) < 4.78 is 92.3. The van der Waals surface area contributed by atoms with Gasteiger partial charge in [0.15, 0.2) is 0 Å². The maximum atomic E-state index is 12.3. The molecule has 152 valence electrons. The molecule has 0 aliphatic heterocycles. The molecule has 0 aromatic heterocycles. The van der Waals surface area contributed by atoms with Crippen molar-refractivity contribution in [2.75, 3.05) is 47.5 Å². The SMILES string of the molecule is CCC(C)OCCOCN(C)S(=O)(=O)F.CCF.FCF.FCF. The van der Waals surface area contributed by atoms with E-state index in [4.69, 9.17) is 9.47 Å². The van der Waals surface area contributed by atoms with Gasteiger partial charge in [0.05, 0.1) is 26.0 Å². The minimum atomic E-state index is -4.64. The molecule has 0 rings (SSSR count). The van der Waals surface area contributed by atoms with Crippen LogP contribution >= 0.6 is 0 Å². The zero-order valence-corrected chi connectivity index (χ0v) is 15.1. The summed E-state index contributed by atoms with van der Waals surface area (Å²) in [7, 11) is -3.54. The summed E-state index contributed by atoms with van der Waals surface area (Å²) in [5.74, 6) is 0. The standard InChI is InChI=1S/C8H18FNO4S.C2H5F.2CH2F2/c1-4-8(2)14-6-5-13-7-10(3)15(9,11)12;1-2-3;2*2-1-3/h8H,4-7H2,1-3H3;2H2,1H3;2*1H2. The summed E-state index contributed by atoms with van der Waals surface area (Å²) in [6.45, 7) is 1.94. The van der Waals surface area contributed by atoms with Gasteiger partial charge in [0.25, 0.3) is 0 Å². The molecule has 0 amide bonds. The Labute approximate surface area is 140 Å². The highest BCUT2D eigenvalue weighted by Crippen LogP contribution is 1.99. The lowest BCUT2D eigenvalue weighted by Crippen LogP contribution is -2.26. The summed E-state index contributed by atoms with van der Waals surface area (Å²) in [5.41, 5.74) is 0. The molecule has 0 fully saturated rings. The number of nitrogens with zero attached hydrogens (tertiary/aromatic N) is 1. The van der Waals surface area contributed by atoms with Crippen molar-refractivity contribution in [3.8, 4) is 0 Å². The van der Waals surface area contributed by atoms with E-state index < -0.39 is 24.3 Å². The van der Waals surface area contributed by atoms with E-state index >= 15 is 0 Å². The van der Waals surface area contributed by atoms with Gasteiger partial charge in [-0.05, 0) is 20.3 Å². The molecule has 0 heterocycles. The number of ether oxygens (including phenoxy) is 2. The number of hydrogen-bond acceptors (Lipinski definition) is 4. The topological polar surface area (TPSA) is 55.8 Å². The third-order valence-electron chi connectivity index (χ3n) is 1.85. The molecule has 0 saturated carbocycles. The Kier molecular flexibility index (Phi) is 32.1. The molecular formula is C12H27F6NO4S. The van der Waals surface area contributed by atoms with Gasteiger partial charge in [-0.3, -0.25) is 4.39 Å². The smallest absolute Gasteiger partial charge is 0.376 e. The second kappa shape index (κ2) is 24.7. The Morgan fingerprint density at radius 1 is 1.00 bits per heavy atom. The van der Waals surface area contributed by atoms with Gasteiger partial charge in [-0.15, -0.1) is 0 Å². The number of alkyl halides is 5. The second-order valence-corrected chi connectivity index (χ2v) is 5.08. The van der Waals surface area contributed by atoms with Crippen LogP contribution in [0.15, 0.2) is 0 Å². The first-order valence-corrected chi connectivity index (χ1v) is 8.11. The average molecular weight is 395 g/mol. The molecule has 0 saturated heterocycles. The first kappa shape index (κ1) is 31.2. The molecular weight excluding hydrogens is 368 g/mol. The Balaban J connectivity index is -0.000000184. The quantitative estimate of drug-likeness (QED) is 0.272. The van der Waals surface area contributed by atoms with E-state index in [2.05, 4.69) is 0 Å². The first-order chi connectivity index (χ1) is 11.1. The first-order valence-electron chi connectivity index (χ1n) is 6.77. The van der Waals surface area contributed by atoms with Crippen LogP contribution in [0.3, 0.4) is 0 Å². The van der Waals surface area contributed by atoms with Crippen molar-refractivity contribution in [2.45, 2.75) is 33.3 Å². The highest BCUT2D eigenvalue weighted by Gasteiger charge is 2.14. The van der Waals surface area contributed by atoms with Crippen LogP contribution in [-0.2, 0) is 19.9 Å². The van der Waals surface area contributed by atoms with E-state index in [1.807, 2.05) is 13.8 Å². The molecule has 0 aliphatic rings. The van der Waals surface area contributed by atoms with Crippen molar-refractivity contribution in [1.29, 1.82) is 0 Å².